The maximum absolute atomic E-state index is 10.6. The van der Waals surface area contributed by atoms with E-state index in [4.69, 9.17) is 0 Å². The van der Waals surface area contributed by atoms with E-state index in [0.29, 0.717) is 11.8 Å². The minimum absolute atomic E-state index is 0.106. The summed E-state index contributed by atoms with van der Waals surface area (Å²) in [5.74, 6) is 0.698. The van der Waals surface area contributed by atoms with E-state index in [1.54, 1.807) is 0 Å². The Morgan fingerprint density at radius 1 is 1.31 bits per heavy atom. The number of H-pyrrole nitrogens is 1. The minimum Gasteiger partial charge on any atom is -0.395 e. The summed E-state index contributed by atoms with van der Waals surface area (Å²) in [5, 5.41) is 11.8. The summed E-state index contributed by atoms with van der Waals surface area (Å²) in [6.45, 7) is 4.42. The van der Waals surface area contributed by atoms with Crippen LogP contribution in [0.1, 0.15) is 25.8 Å². The van der Waals surface area contributed by atoms with Crippen molar-refractivity contribution in [1.82, 2.24) is 4.98 Å². The molecule has 3 aliphatic rings. The van der Waals surface area contributed by atoms with E-state index in [1.807, 2.05) is 12.4 Å². The lowest BCUT2D eigenvalue weighted by Gasteiger charge is -2.28. The Kier molecular flexibility index (Phi) is 4.29. The molecular weight excluding hydrogens is 356 g/mol. The predicted molar refractivity (Wildman–Crippen MR) is 121 cm³/mol. The molecule has 0 bridgehead atoms. The fourth-order valence-electron chi connectivity index (χ4n) is 5.04. The van der Waals surface area contributed by atoms with Gasteiger partial charge in [-0.1, -0.05) is 35.9 Å². The Morgan fingerprint density at radius 3 is 3.03 bits per heavy atom. The summed E-state index contributed by atoms with van der Waals surface area (Å²) < 4.78 is 0. The molecule has 3 nitrogen and oxygen atoms in total. The normalized spacial score (nSPS) is 27.6. The lowest BCUT2D eigenvalue weighted by molar-refractivity contribution is 0.198. The molecule has 0 amide bonds. The number of aliphatic hydroxyl groups excluding tert-OH is 1. The Bertz CT molecular complexity index is 1150. The van der Waals surface area contributed by atoms with Crippen molar-refractivity contribution in [2.45, 2.75) is 20.3 Å². The molecule has 2 heterocycles. The number of nitrogens with zero attached hydrogens (tertiary/aromatic N) is 1. The molecule has 0 radical (unpaired) electrons. The Hall–Kier alpha value is -2.91. The van der Waals surface area contributed by atoms with Crippen LogP contribution in [0.2, 0.25) is 0 Å². The first-order chi connectivity index (χ1) is 14.1. The molecule has 29 heavy (non-hydrogen) atoms. The van der Waals surface area contributed by atoms with E-state index in [-0.39, 0.29) is 12.0 Å². The molecule has 2 aromatic rings. The van der Waals surface area contributed by atoms with Gasteiger partial charge >= 0.3 is 0 Å². The monoisotopic (exact) mass is 382 g/mol. The van der Waals surface area contributed by atoms with Gasteiger partial charge in [-0.3, -0.25) is 4.99 Å². The molecule has 5 rings (SSSR count). The highest BCUT2D eigenvalue weighted by atomic mass is 16.3. The van der Waals surface area contributed by atoms with Gasteiger partial charge in [0.05, 0.1) is 12.3 Å². The number of rotatable bonds is 4. The maximum atomic E-state index is 10.6. The van der Waals surface area contributed by atoms with Crippen LogP contribution >= 0.6 is 0 Å². The second-order valence-electron chi connectivity index (χ2n) is 8.66. The molecular formula is C26H26N2O. The Labute approximate surface area is 171 Å². The van der Waals surface area contributed by atoms with Crippen molar-refractivity contribution in [3.63, 3.8) is 0 Å². The SMILES string of the molecule is CC(C)=C[C@H]1C[C@@](/C=C\c2ccc3[nH]ccc3c2)(CO)C2=CC3=NC=CC3=CC21. The summed E-state index contributed by atoms with van der Waals surface area (Å²) in [4.78, 5) is 7.76. The molecule has 2 aliphatic carbocycles. The van der Waals surface area contributed by atoms with Gasteiger partial charge in [0.25, 0.3) is 0 Å². The number of aliphatic imine (C=N–C) groups is 1. The smallest absolute Gasteiger partial charge is 0.0699 e. The lowest BCUT2D eigenvalue weighted by atomic mass is 9.77. The predicted octanol–water partition coefficient (Wildman–Crippen LogP) is 5.60. The maximum Gasteiger partial charge on any atom is 0.0699 e. The van der Waals surface area contributed by atoms with Gasteiger partial charge in [0.15, 0.2) is 0 Å². The first-order valence-corrected chi connectivity index (χ1v) is 10.3. The van der Waals surface area contributed by atoms with Crippen molar-refractivity contribution < 1.29 is 5.11 Å². The number of hydrogen-bond acceptors (Lipinski definition) is 2. The van der Waals surface area contributed by atoms with Crippen molar-refractivity contribution in [2.75, 3.05) is 6.61 Å². The fourth-order valence-corrected chi connectivity index (χ4v) is 5.04. The molecule has 3 atom stereocenters. The average molecular weight is 383 g/mol. The molecule has 1 unspecified atom stereocenters. The number of benzene rings is 1. The largest absolute Gasteiger partial charge is 0.395 e. The summed E-state index contributed by atoms with van der Waals surface area (Å²) in [5.41, 5.74) is 6.78. The molecule has 1 aromatic heterocycles. The van der Waals surface area contributed by atoms with Crippen molar-refractivity contribution in [3.8, 4) is 0 Å². The van der Waals surface area contributed by atoms with Gasteiger partial charge in [-0.05, 0) is 78.6 Å². The van der Waals surface area contributed by atoms with Gasteiger partial charge < -0.3 is 10.1 Å². The molecule has 3 heteroatoms. The molecule has 146 valence electrons. The molecule has 0 saturated heterocycles. The third-order valence-electron chi connectivity index (χ3n) is 6.41. The zero-order valence-corrected chi connectivity index (χ0v) is 16.9. The van der Waals surface area contributed by atoms with Crippen LogP contribution in [0.15, 0.2) is 88.8 Å². The zero-order chi connectivity index (χ0) is 20.0. The minimum atomic E-state index is -0.360. The van der Waals surface area contributed by atoms with Gasteiger partial charge in [0.1, 0.15) is 0 Å². The zero-order valence-electron chi connectivity index (χ0n) is 16.9. The van der Waals surface area contributed by atoms with Gasteiger partial charge in [0.2, 0.25) is 0 Å². The summed E-state index contributed by atoms with van der Waals surface area (Å²) in [6, 6.07) is 8.51. The van der Waals surface area contributed by atoms with Crippen LogP contribution in [-0.4, -0.2) is 22.4 Å². The summed E-state index contributed by atoms with van der Waals surface area (Å²) >= 11 is 0. The van der Waals surface area contributed by atoms with Crippen LogP contribution in [0.4, 0.5) is 0 Å². The summed E-state index contributed by atoms with van der Waals surface area (Å²) in [7, 11) is 0. The van der Waals surface area contributed by atoms with Crippen molar-refractivity contribution >= 4 is 22.7 Å². The highest BCUT2D eigenvalue weighted by Gasteiger charge is 2.47. The van der Waals surface area contributed by atoms with Gasteiger partial charge in [0, 0.05) is 29.2 Å². The highest BCUT2D eigenvalue weighted by molar-refractivity contribution is 6.13. The van der Waals surface area contributed by atoms with Crippen LogP contribution in [0.5, 0.6) is 0 Å². The van der Waals surface area contributed by atoms with E-state index >= 15 is 0 Å². The quantitative estimate of drug-likeness (QED) is 0.665. The Balaban J connectivity index is 1.56. The number of aromatic nitrogens is 1. The van der Waals surface area contributed by atoms with Crippen LogP contribution < -0.4 is 0 Å². The van der Waals surface area contributed by atoms with E-state index in [2.05, 4.69) is 84.5 Å². The molecule has 2 N–H and O–H groups in total. The van der Waals surface area contributed by atoms with Crippen LogP contribution in [0.25, 0.3) is 17.0 Å². The van der Waals surface area contributed by atoms with Crippen molar-refractivity contribution in [3.05, 3.63) is 89.3 Å². The first kappa shape index (κ1) is 18.1. The highest BCUT2D eigenvalue weighted by Crippen LogP contribution is 2.54. The van der Waals surface area contributed by atoms with Crippen LogP contribution in [0, 0.1) is 17.3 Å². The first-order valence-electron chi connectivity index (χ1n) is 10.3. The number of fused-ring (bicyclic) bond motifs is 3. The lowest BCUT2D eigenvalue weighted by Crippen LogP contribution is -2.24. The van der Waals surface area contributed by atoms with E-state index in [0.717, 1.165) is 23.2 Å². The second kappa shape index (κ2) is 6.85. The third kappa shape index (κ3) is 3.06. The molecule has 0 spiro atoms. The number of hydrogen-bond donors (Lipinski definition) is 2. The number of aliphatic hydroxyl groups is 1. The second-order valence-corrected chi connectivity index (χ2v) is 8.66. The Morgan fingerprint density at radius 2 is 2.21 bits per heavy atom. The standard InChI is InChI=1S/C26H26N2O/c1-17(2)11-21-15-26(16-29,23-14-25-20(7-10-28-25)13-22(21)23)8-5-18-3-4-24-19(12-18)6-9-27-24/h3-14,21-22,27,29H,15-16H2,1-2H3/b8-5-/t21-,22?,26-/m0/s1. The number of allylic oxidation sites excluding steroid dienone is 6. The van der Waals surface area contributed by atoms with Crippen LogP contribution in [0.3, 0.4) is 0 Å². The number of aromatic amines is 1. The van der Waals surface area contributed by atoms with Crippen LogP contribution in [-0.2, 0) is 0 Å². The van der Waals surface area contributed by atoms with Gasteiger partial charge in [-0.25, -0.2) is 0 Å². The van der Waals surface area contributed by atoms with Crippen molar-refractivity contribution in [2.24, 2.45) is 22.2 Å². The molecule has 1 saturated carbocycles. The fraction of sp³-hybridized carbons (Fsp3) is 0.269. The number of nitrogens with one attached hydrogen (secondary N) is 1. The third-order valence-corrected chi connectivity index (χ3v) is 6.41. The molecule has 1 aliphatic heterocycles. The van der Waals surface area contributed by atoms with Gasteiger partial charge in [-0.15, -0.1) is 0 Å². The topological polar surface area (TPSA) is 48.4 Å². The van der Waals surface area contributed by atoms with Gasteiger partial charge in [-0.2, -0.15) is 0 Å². The van der Waals surface area contributed by atoms with E-state index < -0.39 is 0 Å². The summed E-state index contributed by atoms with van der Waals surface area (Å²) in [6.07, 6.45) is 18.2. The molecule has 1 aromatic carbocycles. The molecule has 1 fully saturated rings. The van der Waals surface area contributed by atoms with E-state index in [9.17, 15) is 5.11 Å². The van der Waals surface area contributed by atoms with E-state index in [1.165, 1.54) is 22.1 Å². The van der Waals surface area contributed by atoms with Crippen molar-refractivity contribution in [1.29, 1.82) is 0 Å². The average Bonchev–Trinajstić information content (AvgIpc) is 3.42.